The number of anilines is 1. The molecule has 0 fully saturated rings. The van der Waals surface area contributed by atoms with Crippen molar-refractivity contribution < 1.29 is 19.5 Å². The van der Waals surface area contributed by atoms with E-state index in [4.69, 9.17) is 5.11 Å². The van der Waals surface area contributed by atoms with E-state index in [1.54, 1.807) is 31.2 Å². The molecule has 1 aromatic carbocycles. The van der Waals surface area contributed by atoms with Crippen molar-refractivity contribution in [2.24, 2.45) is 0 Å². The zero-order chi connectivity index (χ0) is 14.4. The van der Waals surface area contributed by atoms with Gasteiger partial charge in [-0.15, -0.1) is 0 Å². The summed E-state index contributed by atoms with van der Waals surface area (Å²) >= 11 is 0. The minimum atomic E-state index is -1.17. The molecule has 0 aliphatic carbocycles. The number of nitrogens with one attached hydrogen (secondary N) is 2. The van der Waals surface area contributed by atoms with Crippen LogP contribution in [0.3, 0.4) is 0 Å². The molecule has 1 atom stereocenters. The molecule has 0 aliphatic heterocycles. The molecule has 0 unspecified atom stereocenters. The summed E-state index contributed by atoms with van der Waals surface area (Å²) in [6.45, 7) is 3.51. The van der Waals surface area contributed by atoms with Gasteiger partial charge in [0, 0.05) is 5.69 Å². The second-order valence-electron chi connectivity index (χ2n) is 4.09. The molecule has 1 rings (SSSR count). The Kier molecular flexibility index (Phi) is 5.05. The van der Waals surface area contributed by atoms with Crippen molar-refractivity contribution in [1.29, 1.82) is 0 Å². The van der Waals surface area contributed by atoms with Gasteiger partial charge in [0.1, 0.15) is 6.04 Å². The topological polar surface area (TPSA) is 95.5 Å². The first kappa shape index (κ1) is 14.7. The number of benzene rings is 1. The first-order chi connectivity index (χ1) is 8.93. The Balaban J connectivity index is 2.60. The van der Waals surface area contributed by atoms with Crippen LogP contribution >= 0.6 is 0 Å². The van der Waals surface area contributed by atoms with E-state index in [0.29, 0.717) is 5.69 Å². The third kappa shape index (κ3) is 4.42. The summed E-state index contributed by atoms with van der Waals surface area (Å²) in [5.74, 6) is -3.02. The second kappa shape index (κ2) is 6.53. The summed E-state index contributed by atoms with van der Waals surface area (Å²) in [4.78, 5) is 33.8. The lowest BCUT2D eigenvalue weighted by molar-refractivity contribution is -0.143. The fourth-order valence-electron chi connectivity index (χ4n) is 1.39. The van der Waals surface area contributed by atoms with Crippen molar-refractivity contribution in [3.8, 4) is 0 Å². The van der Waals surface area contributed by atoms with E-state index in [2.05, 4.69) is 10.6 Å². The highest BCUT2D eigenvalue weighted by atomic mass is 16.4. The molecule has 19 heavy (non-hydrogen) atoms. The van der Waals surface area contributed by atoms with Crippen LogP contribution in [-0.4, -0.2) is 28.9 Å². The Morgan fingerprint density at radius 3 is 2.21 bits per heavy atom. The zero-order valence-electron chi connectivity index (χ0n) is 10.8. The Hall–Kier alpha value is -2.37. The molecular weight excluding hydrogens is 248 g/mol. The highest BCUT2D eigenvalue weighted by molar-refractivity contribution is 6.40. The summed E-state index contributed by atoms with van der Waals surface area (Å²) in [6.07, 6.45) is 0.207. The van der Waals surface area contributed by atoms with Crippen molar-refractivity contribution in [2.75, 3.05) is 5.32 Å². The van der Waals surface area contributed by atoms with Crippen LogP contribution in [0.4, 0.5) is 5.69 Å². The van der Waals surface area contributed by atoms with Gasteiger partial charge in [-0.25, -0.2) is 4.79 Å². The minimum Gasteiger partial charge on any atom is -0.480 e. The molecule has 0 saturated heterocycles. The number of rotatable bonds is 4. The van der Waals surface area contributed by atoms with Gasteiger partial charge < -0.3 is 15.7 Å². The lowest BCUT2D eigenvalue weighted by Crippen LogP contribution is -2.45. The minimum absolute atomic E-state index is 0.207. The average Bonchev–Trinajstić information content (AvgIpc) is 2.37. The zero-order valence-corrected chi connectivity index (χ0v) is 10.8. The Morgan fingerprint density at radius 1 is 1.16 bits per heavy atom. The molecule has 6 heteroatoms. The van der Waals surface area contributed by atoms with Gasteiger partial charge in [0.15, 0.2) is 0 Å². The highest BCUT2D eigenvalue weighted by Crippen LogP contribution is 2.08. The van der Waals surface area contributed by atoms with E-state index in [1.165, 1.54) is 0 Å². The third-order valence-corrected chi connectivity index (χ3v) is 2.53. The number of aliphatic carboxylic acids is 1. The summed E-state index contributed by atoms with van der Waals surface area (Å²) < 4.78 is 0. The molecule has 0 aromatic heterocycles. The molecule has 1 aromatic rings. The van der Waals surface area contributed by atoms with Crippen molar-refractivity contribution in [2.45, 2.75) is 26.3 Å². The number of amides is 2. The van der Waals surface area contributed by atoms with Crippen LogP contribution in [-0.2, 0) is 14.4 Å². The normalized spacial score (nSPS) is 11.5. The predicted octanol–water partition coefficient (Wildman–Crippen LogP) is 0.913. The number of hydrogen-bond acceptors (Lipinski definition) is 3. The number of hydrogen-bond donors (Lipinski definition) is 3. The fraction of sp³-hybridized carbons (Fsp3) is 0.308. The number of carbonyl (C=O) groups excluding carboxylic acids is 2. The van der Waals surface area contributed by atoms with Gasteiger partial charge in [0.25, 0.3) is 0 Å². The average molecular weight is 264 g/mol. The molecule has 0 radical (unpaired) electrons. The van der Waals surface area contributed by atoms with Gasteiger partial charge in [-0.2, -0.15) is 0 Å². The summed E-state index contributed by atoms with van der Waals surface area (Å²) in [6, 6.07) is 5.85. The first-order valence-corrected chi connectivity index (χ1v) is 5.85. The molecule has 0 bridgehead atoms. The fourth-order valence-corrected chi connectivity index (χ4v) is 1.39. The largest absolute Gasteiger partial charge is 0.480 e. The van der Waals surface area contributed by atoms with E-state index in [0.717, 1.165) is 5.56 Å². The van der Waals surface area contributed by atoms with Crippen molar-refractivity contribution in [3.63, 3.8) is 0 Å². The van der Waals surface area contributed by atoms with Gasteiger partial charge in [-0.05, 0) is 25.5 Å². The summed E-state index contributed by atoms with van der Waals surface area (Å²) in [7, 11) is 0. The van der Waals surface area contributed by atoms with Crippen LogP contribution < -0.4 is 10.6 Å². The van der Waals surface area contributed by atoms with Gasteiger partial charge in [0.05, 0.1) is 0 Å². The van der Waals surface area contributed by atoms with Crippen LogP contribution in [0.5, 0.6) is 0 Å². The van der Waals surface area contributed by atoms with E-state index in [1.807, 2.05) is 6.92 Å². The van der Waals surface area contributed by atoms with E-state index in [-0.39, 0.29) is 6.42 Å². The van der Waals surface area contributed by atoms with Crippen LogP contribution in [0.25, 0.3) is 0 Å². The van der Waals surface area contributed by atoms with Gasteiger partial charge in [0.2, 0.25) is 0 Å². The molecule has 3 N–H and O–H groups in total. The number of aryl methyl sites for hydroxylation is 1. The van der Waals surface area contributed by atoms with E-state index < -0.39 is 23.8 Å². The number of carboxylic acid groups (broad SMARTS) is 1. The van der Waals surface area contributed by atoms with E-state index in [9.17, 15) is 14.4 Å². The molecule has 6 nitrogen and oxygen atoms in total. The first-order valence-electron chi connectivity index (χ1n) is 5.85. The maximum absolute atomic E-state index is 11.6. The SMILES string of the molecule is CC[C@@H](NC(=O)C(=O)Nc1ccc(C)cc1)C(=O)O. The van der Waals surface area contributed by atoms with Crippen LogP contribution in [0.15, 0.2) is 24.3 Å². The smallest absolute Gasteiger partial charge is 0.326 e. The standard InChI is InChI=1S/C13H16N2O4/c1-3-10(13(18)19)15-12(17)11(16)14-9-6-4-8(2)5-7-9/h4-7,10H,3H2,1-2H3,(H,14,16)(H,15,17)(H,18,19)/t10-/m1/s1. The summed E-state index contributed by atoms with van der Waals surface area (Å²) in [5.41, 5.74) is 1.51. The Bertz CT molecular complexity index is 482. The Labute approximate surface area is 110 Å². The molecule has 0 spiro atoms. The Morgan fingerprint density at radius 2 is 1.74 bits per heavy atom. The van der Waals surface area contributed by atoms with Crippen LogP contribution in [0.1, 0.15) is 18.9 Å². The molecule has 0 saturated carbocycles. The van der Waals surface area contributed by atoms with Gasteiger partial charge in [-0.1, -0.05) is 24.6 Å². The van der Waals surface area contributed by atoms with Crippen molar-refractivity contribution in [1.82, 2.24) is 5.32 Å². The van der Waals surface area contributed by atoms with Gasteiger partial charge in [-0.3, -0.25) is 9.59 Å². The molecule has 2 amide bonds. The number of carboxylic acids is 1. The lowest BCUT2D eigenvalue weighted by atomic mass is 10.2. The maximum atomic E-state index is 11.6. The molecular formula is C13H16N2O4. The van der Waals surface area contributed by atoms with E-state index >= 15 is 0 Å². The molecule has 0 heterocycles. The lowest BCUT2D eigenvalue weighted by Gasteiger charge is -2.12. The predicted molar refractivity (Wildman–Crippen MR) is 69.7 cm³/mol. The molecule has 0 aliphatic rings. The highest BCUT2D eigenvalue weighted by Gasteiger charge is 2.22. The van der Waals surface area contributed by atoms with Crippen LogP contribution in [0.2, 0.25) is 0 Å². The van der Waals surface area contributed by atoms with Crippen LogP contribution in [0, 0.1) is 6.92 Å². The quantitative estimate of drug-likeness (QED) is 0.704. The van der Waals surface area contributed by atoms with Gasteiger partial charge >= 0.3 is 17.8 Å². The number of carbonyl (C=O) groups is 3. The maximum Gasteiger partial charge on any atom is 0.326 e. The summed E-state index contributed by atoms with van der Waals surface area (Å²) in [5, 5.41) is 13.3. The van der Waals surface area contributed by atoms with Crippen molar-refractivity contribution >= 4 is 23.5 Å². The van der Waals surface area contributed by atoms with Crippen molar-refractivity contribution in [3.05, 3.63) is 29.8 Å². The monoisotopic (exact) mass is 264 g/mol. The third-order valence-electron chi connectivity index (χ3n) is 2.53. The molecule has 102 valence electrons. The second-order valence-corrected chi connectivity index (χ2v) is 4.09.